The minimum atomic E-state index is -4.11. The van der Waals surface area contributed by atoms with Crippen molar-refractivity contribution in [2.45, 2.75) is 4.22 Å². The first-order valence-electron chi connectivity index (χ1n) is 5.00. The number of hydrogen-bond acceptors (Lipinski definition) is 0. The predicted molar refractivity (Wildman–Crippen MR) is 64.0 cm³/mol. The Morgan fingerprint density at radius 2 is 1.00 bits per heavy atom. The Hall–Kier alpha value is -0.980. The summed E-state index contributed by atoms with van der Waals surface area (Å²) < 4.78 is 36.3. The van der Waals surface area contributed by atoms with E-state index in [0.717, 1.165) is 0 Å². The number of halogens is 3. The van der Waals surface area contributed by atoms with E-state index in [1.165, 1.54) is 0 Å². The molecule has 2 aromatic carbocycles. The zero-order chi connectivity index (χ0) is 12.3. The van der Waals surface area contributed by atoms with Gasteiger partial charge in [-0.3, -0.25) is 0 Å². The summed E-state index contributed by atoms with van der Waals surface area (Å²) in [5, 5.41) is 0. The van der Waals surface area contributed by atoms with E-state index in [0.29, 0.717) is 7.22 Å². The summed E-state index contributed by atoms with van der Waals surface area (Å²) in [6.07, 6.45) is 0. The van der Waals surface area contributed by atoms with Crippen LogP contribution in [0, 0.1) is 0 Å². The molecule has 2 aromatic rings. The van der Waals surface area contributed by atoms with Crippen LogP contribution in [0.15, 0.2) is 60.7 Å². The third-order valence-corrected chi connectivity index (χ3v) is 7.75. The van der Waals surface area contributed by atoms with Gasteiger partial charge in [-0.2, -0.15) is 0 Å². The zero-order valence-electron chi connectivity index (χ0n) is 8.82. The molecule has 0 saturated carbocycles. The fourth-order valence-electron chi connectivity index (χ4n) is 1.52. The summed E-state index contributed by atoms with van der Waals surface area (Å²) >= 11 is -3.49. The van der Waals surface area contributed by atoms with Gasteiger partial charge >= 0.3 is 105 Å². The third-order valence-electron chi connectivity index (χ3n) is 2.19. The van der Waals surface area contributed by atoms with Gasteiger partial charge in [-0.15, -0.1) is 0 Å². The Kier molecular flexibility index (Phi) is 3.76. The molecule has 4 heteroatoms. The van der Waals surface area contributed by atoms with Crippen molar-refractivity contribution < 1.29 is 13.2 Å². The molecule has 0 unspecified atom stereocenters. The van der Waals surface area contributed by atoms with Crippen LogP contribution in [0.4, 0.5) is 13.2 Å². The predicted octanol–water partition coefficient (Wildman–Crippen LogP) is 2.40. The second kappa shape index (κ2) is 5.12. The molecule has 0 aliphatic rings. The average molecular weight is 351 g/mol. The van der Waals surface area contributed by atoms with E-state index in [4.69, 9.17) is 0 Å². The molecule has 0 atom stereocenters. The van der Waals surface area contributed by atoms with Gasteiger partial charge in [0.2, 0.25) is 0 Å². The number of benzene rings is 2. The summed E-state index contributed by atoms with van der Waals surface area (Å²) in [7, 11) is 0. The van der Waals surface area contributed by atoms with E-state index < -0.39 is 23.8 Å². The monoisotopic (exact) mass is 353 g/mol. The van der Waals surface area contributed by atoms with Gasteiger partial charge in [0.05, 0.1) is 0 Å². The number of alkyl halides is 3. The van der Waals surface area contributed by atoms with Crippen LogP contribution in [0.2, 0.25) is 0 Å². The Morgan fingerprint density at radius 1 is 0.647 bits per heavy atom. The number of hydrogen-bond donors (Lipinski definition) is 0. The molecule has 2 rings (SSSR count). The van der Waals surface area contributed by atoms with Gasteiger partial charge in [0.15, 0.2) is 0 Å². The fourth-order valence-corrected chi connectivity index (χ4v) is 6.27. The van der Waals surface area contributed by atoms with Crippen molar-refractivity contribution in [3.8, 4) is 0 Å². The number of rotatable bonds is 2. The Morgan fingerprint density at radius 3 is 1.29 bits per heavy atom. The summed E-state index contributed by atoms with van der Waals surface area (Å²) in [4.78, 5) is 0. The molecule has 0 nitrogen and oxygen atoms in total. The molecule has 17 heavy (non-hydrogen) atoms. The van der Waals surface area contributed by atoms with Crippen molar-refractivity contribution in [3.63, 3.8) is 0 Å². The first kappa shape index (κ1) is 12.5. The maximum atomic E-state index is 13.2. The fraction of sp³-hybridized carbons (Fsp3) is 0.0769. The van der Waals surface area contributed by atoms with Crippen LogP contribution in [0.1, 0.15) is 0 Å². The SMILES string of the molecule is FC(F)(F)[Te+](c1ccccc1)c1ccccc1. The van der Waals surface area contributed by atoms with Gasteiger partial charge in [-0.05, 0) is 0 Å². The molecule has 0 aromatic heterocycles. The van der Waals surface area contributed by atoms with Crippen molar-refractivity contribution in [2.75, 3.05) is 0 Å². The summed E-state index contributed by atoms with van der Waals surface area (Å²) in [5.74, 6) is 0. The molecule has 0 saturated heterocycles. The normalized spacial score (nSPS) is 11.8. The van der Waals surface area contributed by atoms with Crippen LogP contribution in [0.3, 0.4) is 0 Å². The Balaban J connectivity index is 2.48. The molecular formula is C13H10F3Te+. The summed E-state index contributed by atoms with van der Waals surface area (Å²) in [6.45, 7) is 0. The quantitative estimate of drug-likeness (QED) is 0.730. The summed E-state index contributed by atoms with van der Waals surface area (Å²) in [5.41, 5.74) is 0. The van der Waals surface area contributed by atoms with E-state index in [9.17, 15) is 13.2 Å². The van der Waals surface area contributed by atoms with Crippen LogP contribution in [0.25, 0.3) is 0 Å². The first-order valence-corrected chi connectivity index (χ1v) is 8.50. The molecule has 0 aliphatic carbocycles. The van der Waals surface area contributed by atoms with Crippen molar-refractivity contribution in [1.82, 2.24) is 0 Å². The van der Waals surface area contributed by atoms with Gasteiger partial charge in [0.25, 0.3) is 0 Å². The van der Waals surface area contributed by atoms with E-state index in [2.05, 4.69) is 0 Å². The first-order chi connectivity index (χ1) is 8.09. The van der Waals surface area contributed by atoms with E-state index >= 15 is 0 Å². The van der Waals surface area contributed by atoms with Crippen LogP contribution in [-0.2, 0) is 0 Å². The molecule has 0 amide bonds. The van der Waals surface area contributed by atoms with E-state index in [1.54, 1.807) is 60.7 Å². The molecule has 88 valence electrons. The van der Waals surface area contributed by atoms with Crippen LogP contribution in [-0.4, -0.2) is 23.8 Å². The molecule has 0 heterocycles. The van der Waals surface area contributed by atoms with Crippen LogP contribution in [0.5, 0.6) is 0 Å². The summed E-state index contributed by atoms with van der Waals surface area (Å²) in [6, 6.07) is 16.5. The Bertz CT molecular complexity index is 426. The Labute approximate surface area is 105 Å². The zero-order valence-corrected chi connectivity index (χ0v) is 11.1. The van der Waals surface area contributed by atoms with Gasteiger partial charge in [-0.1, -0.05) is 0 Å². The molecule has 0 N–H and O–H groups in total. The average Bonchev–Trinajstić information content (AvgIpc) is 2.30. The molecule has 0 fully saturated rings. The molecular weight excluding hydrogens is 341 g/mol. The van der Waals surface area contributed by atoms with E-state index in [1.807, 2.05) is 0 Å². The molecule has 0 bridgehead atoms. The van der Waals surface area contributed by atoms with Crippen molar-refractivity contribution in [1.29, 1.82) is 0 Å². The minimum absolute atomic E-state index is 0.440. The second-order valence-corrected chi connectivity index (χ2v) is 9.14. The second-order valence-electron chi connectivity index (χ2n) is 3.38. The van der Waals surface area contributed by atoms with Gasteiger partial charge in [0.1, 0.15) is 0 Å². The van der Waals surface area contributed by atoms with Crippen LogP contribution < -0.4 is 7.22 Å². The van der Waals surface area contributed by atoms with Gasteiger partial charge < -0.3 is 0 Å². The van der Waals surface area contributed by atoms with Gasteiger partial charge in [0, 0.05) is 0 Å². The molecule has 0 spiro atoms. The topological polar surface area (TPSA) is 0 Å². The maximum absolute atomic E-state index is 13.2. The van der Waals surface area contributed by atoms with Crippen molar-refractivity contribution in [3.05, 3.63) is 60.7 Å². The van der Waals surface area contributed by atoms with E-state index in [-0.39, 0.29) is 0 Å². The standard InChI is InChI=1S/C13H10F3Te/c14-13(15,16)17(11-7-3-1-4-8-11)12-9-5-2-6-10-12/h1-10H/q+1. The van der Waals surface area contributed by atoms with Gasteiger partial charge in [-0.25, -0.2) is 0 Å². The molecule has 0 aliphatic heterocycles. The third kappa shape index (κ3) is 3.02. The van der Waals surface area contributed by atoms with Crippen molar-refractivity contribution in [2.24, 2.45) is 0 Å². The van der Waals surface area contributed by atoms with Crippen LogP contribution >= 0.6 is 0 Å². The van der Waals surface area contributed by atoms with Crippen molar-refractivity contribution >= 4 is 26.8 Å². The molecule has 0 radical (unpaired) electrons.